The third-order valence-corrected chi connectivity index (χ3v) is 5.13. The summed E-state index contributed by atoms with van der Waals surface area (Å²) in [6.45, 7) is 2.10. The minimum atomic E-state index is -3.24. The zero-order chi connectivity index (χ0) is 17.1. The Morgan fingerprint density at radius 2 is 1.96 bits per heavy atom. The van der Waals surface area contributed by atoms with Gasteiger partial charge in [-0.25, -0.2) is 13.1 Å². The van der Waals surface area contributed by atoms with Crippen LogP contribution in [0.25, 0.3) is 0 Å². The van der Waals surface area contributed by atoms with Crippen molar-refractivity contribution in [2.24, 2.45) is 11.7 Å². The van der Waals surface area contributed by atoms with Crippen LogP contribution in [0.1, 0.15) is 31.7 Å². The van der Waals surface area contributed by atoms with Gasteiger partial charge in [-0.15, -0.1) is 0 Å². The van der Waals surface area contributed by atoms with Crippen molar-refractivity contribution < 1.29 is 13.2 Å². The van der Waals surface area contributed by atoms with Gasteiger partial charge in [0.25, 0.3) is 0 Å². The van der Waals surface area contributed by atoms with Gasteiger partial charge in [0, 0.05) is 12.6 Å². The van der Waals surface area contributed by atoms with Gasteiger partial charge in [0.05, 0.1) is 6.26 Å². The van der Waals surface area contributed by atoms with Crippen LogP contribution >= 0.6 is 0 Å². The first-order valence-corrected chi connectivity index (χ1v) is 9.69. The normalized spacial score (nSPS) is 24.1. The molecule has 23 heavy (non-hydrogen) atoms. The summed E-state index contributed by atoms with van der Waals surface area (Å²) in [5.41, 5.74) is 5.81. The molecule has 7 heteroatoms. The zero-order valence-corrected chi connectivity index (χ0v) is 14.4. The first-order chi connectivity index (χ1) is 10.7. The molecule has 1 aromatic carbocycles. The lowest BCUT2D eigenvalue weighted by atomic mass is 9.92. The highest BCUT2D eigenvalue weighted by atomic mass is 32.2. The van der Waals surface area contributed by atoms with Gasteiger partial charge in [0.1, 0.15) is 5.54 Å². The Kier molecular flexibility index (Phi) is 5.44. The number of hydrogen-bond acceptors (Lipinski definition) is 4. The van der Waals surface area contributed by atoms with Crippen LogP contribution < -0.4 is 15.8 Å². The quantitative estimate of drug-likeness (QED) is 0.710. The predicted octanol–water partition coefficient (Wildman–Crippen LogP) is 0.695. The number of rotatable bonds is 6. The van der Waals surface area contributed by atoms with E-state index in [0.29, 0.717) is 6.54 Å². The molecule has 1 aliphatic rings. The number of amides is 1. The lowest BCUT2D eigenvalue weighted by Crippen LogP contribution is -2.51. The standard InChI is InChI=1S/C16H25N3O3S/c1-16(17,13-8-4-3-5-9-13)15(20)18-11-12-7-6-10-14(12)19-23(2,21)22/h3-5,8-9,12,14,19H,6-7,10-11,17H2,1-2H3,(H,18,20). The topological polar surface area (TPSA) is 101 Å². The molecule has 4 N–H and O–H groups in total. The number of nitrogens with one attached hydrogen (secondary N) is 2. The maximum Gasteiger partial charge on any atom is 0.244 e. The number of carbonyl (C=O) groups excluding carboxylic acids is 1. The van der Waals surface area contributed by atoms with Crippen LogP contribution in [0.4, 0.5) is 0 Å². The minimum Gasteiger partial charge on any atom is -0.354 e. The Balaban J connectivity index is 1.96. The Hall–Kier alpha value is -1.44. The van der Waals surface area contributed by atoms with Crippen molar-refractivity contribution in [2.75, 3.05) is 12.8 Å². The van der Waals surface area contributed by atoms with Crippen LogP contribution in [0, 0.1) is 5.92 Å². The third-order valence-electron chi connectivity index (χ3n) is 4.39. The van der Waals surface area contributed by atoms with Gasteiger partial charge in [-0.2, -0.15) is 0 Å². The number of nitrogens with two attached hydrogens (primary N) is 1. The first-order valence-electron chi connectivity index (χ1n) is 7.80. The fraction of sp³-hybridized carbons (Fsp3) is 0.562. The molecular weight excluding hydrogens is 314 g/mol. The summed E-state index contributed by atoms with van der Waals surface area (Å²) in [4.78, 5) is 12.4. The van der Waals surface area contributed by atoms with Gasteiger partial charge in [0.2, 0.25) is 15.9 Å². The van der Waals surface area contributed by atoms with E-state index in [2.05, 4.69) is 10.0 Å². The molecule has 3 unspecified atom stereocenters. The molecule has 0 saturated heterocycles. The summed E-state index contributed by atoms with van der Waals surface area (Å²) < 4.78 is 25.4. The van der Waals surface area contributed by atoms with Crippen LogP contribution in [-0.4, -0.2) is 33.2 Å². The van der Waals surface area contributed by atoms with Crippen LogP contribution in [0.3, 0.4) is 0 Å². The molecule has 128 valence electrons. The van der Waals surface area contributed by atoms with Gasteiger partial charge in [-0.1, -0.05) is 36.8 Å². The summed E-state index contributed by atoms with van der Waals surface area (Å²) in [7, 11) is -3.24. The summed E-state index contributed by atoms with van der Waals surface area (Å²) in [5, 5.41) is 2.88. The molecule has 6 nitrogen and oxygen atoms in total. The Labute approximate surface area is 137 Å². The van der Waals surface area contributed by atoms with Crippen LogP contribution in [0.15, 0.2) is 30.3 Å². The molecule has 1 aromatic rings. The van der Waals surface area contributed by atoms with Crippen LogP contribution in [-0.2, 0) is 20.4 Å². The van der Waals surface area contributed by atoms with Crippen LogP contribution in [0.5, 0.6) is 0 Å². The summed E-state index contributed by atoms with van der Waals surface area (Å²) in [6.07, 6.45) is 3.80. The Bertz CT molecular complexity index is 644. The monoisotopic (exact) mass is 339 g/mol. The van der Waals surface area contributed by atoms with Crippen molar-refractivity contribution in [3.63, 3.8) is 0 Å². The summed E-state index contributed by atoms with van der Waals surface area (Å²) in [5.74, 6) is -0.158. The van der Waals surface area contributed by atoms with Crippen molar-refractivity contribution in [1.82, 2.24) is 10.0 Å². The molecule has 1 amide bonds. The SMILES string of the molecule is CC(N)(C(=O)NCC1CCCC1NS(C)(=O)=O)c1ccccc1. The van der Waals surface area contributed by atoms with Gasteiger partial charge >= 0.3 is 0 Å². The number of benzene rings is 1. The van der Waals surface area contributed by atoms with Crippen molar-refractivity contribution in [3.05, 3.63) is 35.9 Å². The summed E-state index contributed by atoms with van der Waals surface area (Å²) >= 11 is 0. The van der Waals surface area contributed by atoms with E-state index in [9.17, 15) is 13.2 Å². The van der Waals surface area contributed by atoms with E-state index in [0.717, 1.165) is 31.1 Å². The van der Waals surface area contributed by atoms with E-state index in [1.165, 1.54) is 0 Å². The zero-order valence-electron chi connectivity index (χ0n) is 13.6. The summed E-state index contributed by atoms with van der Waals surface area (Å²) in [6, 6.07) is 9.09. The van der Waals surface area contributed by atoms with Gasteiger partial charge in [0.15, 0.2) is 0 Å². The molecule has 0 bridgehead atoms. The van der Waals surface area contributed by atoms with E-state index in [-0.39, 0.29) is 17.9 Å². The lowest BCUT2D eigenvalue weighted by Gasteiger charge is -2.26. The molecule has 0 aliphatic heterocycles. The van der Waals surface area contributed by atoms with E-state index in [4.69, 9.17) is 5.73 Å². The Morgan fingerprint density at radius 3 is 2.57 bits per heavy atom. The Morgan fingerprint density at radius 1 is 1.30 bits per heavy atom. The first kappa shape index (κ1) is 17.9. The highest BCUT2D eigenvalue weighted by Gasteiger charge is 2.33. The minimum absolute atomic E-state index is 0.0975. The predicted molar refractivity (Wildman–Crippen MR) is 90.1 cm³/mol. The van der Waals surface area contributed by atoms with Crippen molar-refractivity contribution in [2.45, 2.75) is 37.8 Å². The smallest absolute Gasteiger partial charge is 0.244 e. The maximum absolute atomic E-state index is 12.4. The molecule has 0 heterocycles. The van der Waals surface area contributed by atoms with Crippen molar-refractivity contribution >= 4 is 15.9 Å². The highest BCUT2D eigenvalue weighted by Crippen LogP contribution is 2.26. The van der Waals surface area contributed by atoms with Gasteiger partial charge in [-0.05, 0) is 31.2 Å². The number of hydrogen-bond donors (Lipinski definition) is 3. The second kappa shape index (κ2) is 6.98. The molecule has 2 rings (SSSR count). The number of sulfonamides is 1. The molecule has 1 fully saturated rings. The van der Waals surface area contributed by atoms with Gasteiger partial charge < -0.3 is 11.1 Å². The largest absolute Gasteiger partial charge is 0.354 e. The highest BCUT2D eigenvalue weighted by molar-refractivity contribution is 7.88. The van der Waals surface area contributed by atoms with Crippen molar-refractivity contribution in [1.29, 1.82) is 0 Å². The third kappa shape index (κ3) is 4.76. The van der Waals surface area contributed by atoms with Crippen LogP contribution in [0.2, 0.25) is 0 Å². The average molecular weight is 339 g/mol. The number of carbonyl (C=O) groups is 1. The molecule has 0 aromatic heterocycles. The van der Waals surface area contributed by atoms with Crippen molar-refractivity contribution in [3.8, 4) is 0 Å². The van der Waals surface area contributed by atoms with E-state index in [1.54, 1.807) is 6.92 Å². The molecule has 1 saturated carbocycles. The fourth-order valence-electron chi connectivity index (χ4n) is 3.03. The molecule has 0 spiro atoms. The van der Waals surface area contributed by atoms with E-state index >= 15 is 0 Å². The average Bonchev–Trinajstić information content (AvgIpc) is 2.90. The second-order valence-electron chi connectivity index (χ2n) is 6.47. The second-order valence-corrected chi connectivity index (χ2v) is 8.25. The van der Waals surface area contributed by atoms with Gasteiger partial charge in [-0.3, -0.25) is 4.79 Å². The van der Waals surface area contributed by atoms with E-state index in [1.807, 2.05) is 30.3 Å². The molecule has 0 radical (unpaired) electrons. The molecule has 3 atom stereocenters. The van der Waals surface area contributed by atoms with E-state index < -0.39 is 15.6 Å². The molecule has 1 aliphatic carbocycles. The fourth-order valence-corrected chi connectivity index (χ4v) is 3.89. The maximum atomic E-state index is 12.4. The molecular formula is C16H25N3O3S. The lowest BCUT2D eigenvalue weighted by molar-refractivity contribution is -0.126.